The molecule has 0 N–H and O–H groups in total. The molecule has 0 saturated carbocycles. The third kappa shape index (κ3) is 3.85. The smallest absolute Gasteiger partial charge is 0.294 e. The van der Waals surface area contributed by atoms with Gasteiger partial charge in [-0.3, -0.25) is 14.4 Å². The molecule has 1 aromatic carbocycles. The molecule has 0 bridgehead atoms. The first-order valence-corrected chi connectivity index (χ1v) is 9.05. The highest BCUT2D eigenvalue weighted by atomic mass is 16.2. The van der Waals surface area contributed by atoms with Crippen molar-refractivity contribution < 1.29 is 14.4 Å². The SMILES string of the molecule is CN(CCC#N)C(=O)C(=O)c1cn(CC(=O)N2CCCC2)c2ccccc12. The molecule has 0 atom stereocenters. The summed E-state index contributed by atoms with van der Waals surface area (Å²) < 4.78 is 1.74. The molecule has 7 nitrogen and oxygen atoms in total. The molecule has 1 aromatic heterocycles. The second-order valence-corrected chi connectivity index (χ2v) is 6.74. The van der Waals surface area contributed by atoms with Gasteiger partial charge in [0.15, 0.2) is 0 Å². The summed E-state index contributed by atoms with van der Waals surface area (Å²) in [6, 6.07) is 9.23. The Hall–Kier alpha value is -3.14. The Labute approximate surface area is 157 Å². The van der Waals surface area contributed by atoms with E-state index in [0.29, 0.717) is 5.39 Å². The Bertz CT molecular complexity index is 919. The Morgan fingerprint density at radius 2 is 1.89 bits per heavy atom. The van der Waals surface area contributed by atoms with Crippen LogP contribution in [0, 0.1) is 11.3 Å². The average Bonchev–Trinajstić information content (AvgIpc) is 3.34. The number of hydrogen-bond acceptors (Lipinski definition) is 4. The molecule has 2 heterocycles. The lowest BCUT2D eigenvalue weighted by Crippen LogP contribution is -2.34. The van der Waals surface area contributed by atoms with Crippen molar-refractivity contribution in [2.45, 2.75) is 25.8 Å². The summed E-state index contributed by atoms with van der Waals surface area (Å²) in [4.78, 5) is 40.8. The van der Waals surface area contributed by atoms with Crippen molar-refractivity contribution in [3.05, 3.63) is 36.0 Å². The van der Waals surface area contributed by atoms with Crippen LogP contribution in [0.5, 0.6) is 0 Å². The predicted molar refractivity (Wildman–Crippen MR) is 99.9 cm³/mol. The van der Waals surface area contributed by atoms with Crippen molar-refractivity contribution in [3.63, 3.8) is 0 Å². The van der Waals surface area contributed by atoms with Crippen LogP contribution in [0.3, 0.4) is 0 Å². The van der Waals surface area contributed by atoms with Crippen molar-refractivity contribution in [2.75, 3.05) is 26.7 Å². The van der Waals surface area contributed by atoms with Crippen LogP contribution in [0.25, 0.3) is 10.9 Å². The number of fused-ring (bicyclic) bond motifs is 1. The summed E-state index contributed by atoms with van der Waals surface area (Å²) in [5, 5.41) is 9.31. The van der Waals surface area contributed by atoms with Crippen LogP contribution in [-0.2, 0) is 16.1 Å². The van der Waals surface area contributed by atoms with Crippen LogP contribution in [0.4, 0.5) is 0 Å². The molecule has 3 rings (SSSR count). The van der Waals surface area contributed by atoms with E-state index in [1.54, 1.807) is 22.9 Å². The zero-order valence-corrected chi connectivity index (χ0v) is 15.4. The number of carbonyl (C=O) groups is 3. The van der Waals surface area contributed by atoms with E-state index in [0.717, 1.165) is 31.4 Å². The van der Waals surface area contributed by atoms with Crippen LogP contribution in [0.2, 0.25) is 0 Å². The molecule has 1 aliphatic rings. The van der Waals surface area contributed by atoms with Gasteiger partial charge in [0.25, 0.3) is 11.7 Å². The molecule has 0 unspecified atom stereocenters. The second kappa shape index (κ2) is 8.04. The van der Waals surface area contributed by atoms with E-state index >= 15 is 0 Å². The Morgan fingerprint density at radius 1 is 1.19 bits per heavy atom. The van der Waals surface area contributed by atoms with Crippen LogP contribution in [-0.4, -0.2) is 58.6 Å². The fourth-order valence-electron chi connectivity index (χ4n) is 3.38. The van der Waals surface area contributed by atoms with E-state index in [2.05, 4.69) is 0 Å². The van der Waals surface area contributed by atoms with E-state index in [1.807, 2.05) is 23.1 Å². The first-order valence-electron chi connectivity index (χ1n) is 9.05. The molecule has 0 radical (unpaired) electrons. The number of benzene rings is 1. The highest BCUT2D eigenvalue weighted by molar-refractivity contribution is 6.44. The van der Waals surface area contributed by atoms with Crippen molar-refractivity contribution in [3.8, 4) is 6.07 Å². The van der Waals surface area contributed by atoms with Gasteiger partial charge < -0.3 is 14.4 Å². The number of likely N-dealkylation sites (tertiary alicyclic amines) is 1. The fraction of sp³-hybridized carbons (Fsp3) is 0.400. The van der Waals surface area contributed by atoms with Gasteiger partial charge in [0.05, 0.1) is 18.1 Å². The highest BCUT2D eigenvalue weighted by Gasteiger charge is 2.25. The number of carbonyl (C=O) groups excluding carboxylic acids is 3. The van der Waals surface area contributed by atoms with Crippen LogP contribution in [0.1, 0.15) is 29.6 Å². The number of Topliss-reactive ketones (excluding diaryl/α,β-unsaturated/α-hetero) is 1. The molecule has 0 aliphatic carbocycles. The van der Waals surface area contributed by atoms with Gasteiger partial charge in [-0.25, -0.2) is 0 Å². The monoisotopic (exact) mass is 366 g/mol. The number of rotatable bonds is 6. The van der Waals surface area contributed by atoms with Gasteiger partial charge in [-0.1, -0.05) is 18.2 Å². The van der Waals surface area contributed by atoms with E-state index in [4.69, 9.17) is 5.26 Å². The second-order valence-electron chi connectivity index (χ2n) is 6.74. The van der Waals surface area contributed by atoms with Crippen molar-refractivity contribution >= 4 is 28.5 Å². The van der Waals surface area contributed by atoms with Crippen LogP contribution < -0.4 is 0 Å². The first-order chi connectivity index (χ1) is 13.0. The lowest BCUT2D eigenvalue weighted by Gasteiger charge is -2.16. The quantitative estimate of drug-likeness (QED) is 0.576. The summed E-state index contributed by atoms with van der Waals surface area (Å²) in [6.07, 6.45) is 3.80. The molecule has 1 aliphatic heterocycles. The van der Waals surface area contributed by atoms with Crippen molar-refractivity contribution in [2.24, 2.45) is 0 Å². The number of amides is 2. The van der Waals surface area contributed by atoms with Gasteiger partial charge >= 0.3 is 0 Å². The first kappa shape index (κ1) is 18.6. The molecule has 7 heteroatoms. The Kier molecular flexibility index (Phi) is 5.55. The van der Waals surface area contributed by atoms with Crippen molar-refractivity contribution in [1.29, 1.82) is 5.26 Å². The molecule has 2 aromatic rings. The maximum Gasteiger partial charge on any atom is 0.294 e. The summed E-state index contributed by atoms with van der Waals surface area (Å²) in [6.45, 7) is 1.89. The Balaban J connectivity index is 1.88. The van der Waals surface area contributed by atoms with Crippen LogP contribution >= 0.6 is 0 Å². The van der Waals surface area contributed by atoms with Gasteiger partial charge in [-0.15, -0.1) is 0 Å². The number of nitriles is 1. The fourth-order valence-corrected chi connectivity index (χ4v) is 3.38. The molecule has 1 fully saturated rings. The van der Waals surface area contributed by atoms with Crippen molar-refractivity contribution in [1.82, 2.24) is 14.4 Å². The number of ketones is 1. The molecular weight excluding hydrogens is 344 g/mol. The minimum atomic E-state index is -0.654. The normalized spacial score (nSPS) is 13.6. The lowest BCUT2D eigenvalue weighted by molar-refractivity contribution is -0.130. The van der Waals surface area contributed by atoms with Gasteiger partial charge in [0.1, 0.15) is 6.54 Å². The summed E-state index contributed by atoms with van der Waals surface area (Å²) in [7, 11) is 1.51. The van der Waals surface area contributed by atoms with E-state index in [9.17, 15) is 14.4 Å². The maximum absolute atomic E-state index is 12.7. The maximum atomic E-state index is 12.7. The number of aromatic nitrogens is 1. The standard InChI is InChI=1S/C20H22N4O3/c1-22(10-6-9-21)20(27)19(26)16-13-24(17-8-3-2-7-15(16)17)14-18(25)23-11-4-5-12-23/h2-3,7-8,13H,4-6,10-12,14H2,1H3. The number of nitrogens with zero attached hydrogens (tertiary/aromatic N) is 4. The minimum Gasteiger partial charge on any atom is -0.341 e. The largest absolute Gasteiger partial charge is 0.341 e. The third-order valence-electron chi connectivity index (χ3n) is 4.90. The molecule has 140 valence electrons. The average molecular weight is 366 g/mol. The van der Waals surface area contributed by atoms with E-state index < -0.39 is 11.7 Å². The summed E-state index contributed by atoms with van der Waals surface area (Å²) in [5.74, 6) is -1.26. The number of hydrogen-bond donors (Lipinski definition) is 0. The van der Waals surface area contributed by atoms with Gasteiger partial charge in [-0.2, -0.15) is 5.26 Å². The van der Waals surface area contributed by atoms with Gasteiger partial charge in [-0.05, 0) is 18.9 Å². The number of likely N-dealkylation sites (N-methyl/N-ethyl adjacent to an activating group) is 1. The van der Waals surface area contributed by atoms with Crippen LogP contribution in [0.15, 0.2) is 30.5 Å². The minimum absolute atomic E-state index is 0.0183. The Morgan fingerprint density at radius 3 is 2.59 bits per heavy atom. The van der Waals surface area contributed by atoms with E-state index in [1.165, 1.54) is 11.9 Å². The van der Waals surface area contributed by atoms with Gasteiger partial charge in [0, 0.05) is 43.8 Å². The molecule has 1 saturated heterocycles. The molecular formula is C20H22N4O3. The third-order valence-corrected chi connectivity index (χ3v) is 4.90. The topological polar surface area (TPSA) is 86.4 Å². The highest BCUT2D eigenvalue weighted by Crippen LogP contribution is 2.23. The lowest BCUT2D eigenvalue weighted by atomic mass is 10.1. The predicted octanol–water partition coefficient (Wildman–Crippen LogP) is 1.82. The summed E-state index contributed by atoms with van der Waals surface area (Å²) >= 11 is 0. The van der Waals surface area contributed by atoms with E-state index in [-0.39, 0.29) is 31.0 Å². The molecule has 2 amide bonds. The zero-order chi connectivity index (χ0) is 19.4. The summed E-state index contributed by atoms with van der Waals surface area (Å²) in [5.41, 5.74) is 1.04. The zero-order valence-electron chi connectivity index (χ0n) is 15.4. The van der Waals surface area contributed by atoms with Gasteiger partial charge in [0.2, 0.25) is 5.91 Å². The number of para-hydroxylation sites is 1. The molecule has 27 heavy (non-hydrogen) atoms. The molecule has 0 spiro atoms.